The quantitative estimate of drug-likeness (QED) is 0.850. The van der Waals surface area contributed by atoms with E-state index in [0.717, 1.165) is 5.56 Å². The molecule has 0 radical (unpaired) electrons. The van der Waals surface area contributed by atoms with Crippen molar-refractivity contribution >= 4 is 11.9 Å². The number of nitrogens with zero attached hydrogens (tertiary/aromatic N) is 1. The van der Waals surface area contributed by atoms with Gasteiger partial charge in [0.15, 0.2) is 0 Å². The van der Waals surface area contributed by atoms with E-state index in [0.29, 0.717) is 0 Å². The molecular weight excluding hydrogens is 218 g/mol. The maximum atomic E-state index is 11.5. The minimum absolute atomic E-state index is 0.0310. The number of carboxylic acid groups (broad SMARTS) is 1. The van der Waals surface area contributed by atoms with E-state index in [1.807, 2.05) is 37.3 Å². The van der Waals surface area contributed by atoms with Gasteiger partial charge in [-0.15, -0.1) is 0 Å². The lowest BCUT2D eigenvalue weighted by molar-refractivity contribution is -0.138. The molecule has 92 valence electrons. The molecule has 0 spiro atoms. The molecule has 1 aromatic carbocycles. The third kappa shape index (κ3) is 3.90. The number of benzene rings is 1. The highest BCUT2D eigenvalue weighted by atomic mass is 16.4. The van der Waals surface area contributed by atoms with Gasteiger partial charge in [0.05, 0.1) is 12.5 Å². The summed E-state index contributed by atoms with van der Waals surface area (Å²) in [4.78, 5) is 23.6. The van der Waals surface area contributed by atoms with Crippen LogP contribution < -0.4 is 0 Å². The molecule has 1 aromatic rings. The zero-order valence-electron chi connectivity index (χ0n) is 10.1. The van der Waals surface area contributed by atoms with Crippen LogP contribution in [0.3, 0.4) is 0 Å². The first-order valence-corrected chi connectivity index (χ1v) is 5.56. The van der Waals surface area contributed by atoms with Gasteiger partial charge in [0.1, 0.15) is 0 Å². The maximum Gasteiger partial charge on any atom is 0.305 e. The van der Waals surface area contributed by atoms with Crippen molar-refractivity contribution in [3.63, 3.8) is 0 Å². The lowest BCUT2D eigenvalue weighted by Crippen LogP contribution is -2.33. The fraction of sp³-hybridized carbons (Fsp3) is 0.385. The van der Waals surface area contributed by atoms with Crippen LogP contribution in [-0.2, 0) is 9.59 Å². The fourth-order valence-electron chi connectivity index (χ4n) is 1.75. The Morgan fingerprint density at radius 1 is 1.29 bits per heavy atom. The molecule has 0 aliphatic rings. The Labute approximate surface area is 101 Å². The van der Waals surface area contributed by atoms with Gasteiger partial charge in [-0.05, 0) is 12.5 Å². The molecule has 1 amide bonds. The van der Waals surface area contributed by atoms with Gasteiger partial charge in [-0.25, -0.2) is 0 Å². The average Bonchev–Trinajstić information content (AvgIpc) is 2.29. The van der Waals surface area contributed by atoms with Crippen LogP contribution in [0.1, 0.15) is 31.9 Å². The summed E-state index contributed by atoms with van der Waals surface area (Å²) in [5.74, 6) is -1.00. The standard InChI is InChI=1S/C13H17NO3/c1-10(12-6-4-3-5-7-12)14(11(2)15)9-8-13(16)17/h3-7,10H,8-9H2,1-2H3,(H,16,17)/t10-/m0/s1. The van der Waals surface area contributed by atoms with Crippen molar-refractivity contribution in [2.75, 3.05) is 6.54 Å². The van der Waals surface area contributed by atoms with Crippen molar-refractivity contribution in [3.8, 4) is 0 Å². The van der Waals surface area contributed by atoms with Crippen LogP contribution in [0.2, 0.25) is 0 Å². The minimum atomic E-state index is -0.892. The lowest BCUT2D eigenvalue weighted by Gasteiger charge is -2.28. The van der Waals surface area contributed by atoms with E-state index in [2.05, 4.69) is 0 Å². The zero-order valence-corrected chi connectivity index (χ0v) is 10.1. The molecule has 0 saturated carbocycles. The average molecular weight is 235 g/mol. The number of carbonyl (C=O) groups excluding carboxylic acids is 1. The van der Waals surface area contributed by atoms with Crippen LogP contribution in [-0.4, -0.2) is 28.4 Å². The highest BCUT2D eigenvalue weighted by Gasteiger charge is 2.18. The van der Waals surface area contributed by atoms with Crippen LogP contribution in [0.25, 0.3) is 0 Å². The predicted octanol–water partition coefficient (Wildman–Crippen LogP) is 2.07. The highest BCUT2D eigenvalue weighted by Crippen LogP contribution is 2.20. The number of carbonyl (C=O) groups is 2. The Balaban J connectivity index is 2.77. The third-order valence-electron chi connectivity index (χ3n) is 2.72. The second kappa shape index (κ2) is 6.03. The summed E-state index contributed by atoms with van der Waals surface area (Å²) < 4.78 is 0. The lowest BCUT2D eigenvalue weighted by atomic mass is 10.1. The van der Waals surface area contributed by atoms with Gasteiger partial charge in [-0.2, -0.15) is 0 Å². The predicted molar refractivity (Wildman–Crippen MR) is 64.5 cm³/mol. The molecule has 0 saturated heterocycles. The van der Waals surface area contributed by atoms with Crippen molar-refractivity contribution in [2.45, 2.75) is 26.3 Å². The Hall–Kier alpha value is -1.84. The number of carboxylic acids is 1. The van der Waals surface area contributed by atoms with Gasteiger partial charge < -0.3 is 10.0 Å². The van der Waals surface area contributed by atoms with Crippen LogP contribution in [0.4, 0.5) is 0 Å². The van der Waals surface area contributed by atoms with Crippen LogP contribution in [0, 0.1) is 0 Å². The van der Waals surface area contributed by atoms with E-state index in [1.54, 1.807) is 4.90 Å². The van der Waals surface area contributed by atoms with Crippen molar-refractivity contribution in [1.29, 1.82) is 0 Å². The van der Waals surface area contributed by atoms with Gasteiger partial charge in [0.25, 0.3) is 0 Å². The first kappa shape index (κ1) is 13.2. The molecule has 0 fully saturated rings. The van der Waals surface area contributed by atoms with Crippen molar-refractivity contribution < 1.29 is 14.7 Å². The molecule has 17 heavy (non-hydrogen) atoms. The summed E-state index contributed by atoms with van der Waals surface area (Å²) in [6.45, 7) is 3.60. The van der Waals surface area contributed by atoms with E-state index in [1.165, 1.54) is 6.92 Å². The summed E-state index contributed by atoms with van der Waals surface area (Å²) in [5.41, 5.74) is 1.01. The summed E-state index contributed by atoms with van der Waals surface area (Å²) in [7, 11) is 0. The van der Waals surface area contributed by atoms with Gasteiger partial charge in [-0.3, -0.25) is 9.59 Å². The van der Waals surface area contributed by atoms with Crippen molar-refractivity contribution in [2.24, 2.45) is 0 Å². The van der Waals surface area contributed by atoms with E-state index >= 15 is 0 Å². The monoisotopic (exact) mass is 235 g/mol. The minimum Gasteiger partial charge on any atom is -0.481 e. The van der Waals surface area contributed by atoms with Crippen molar-refractivity contribution in [3.05, 3.63) is 35.9 Å². The second-order valence-electron chi connectivity index (χ2n) is 3.94. The number of aliphatic carboxylic acids is 1. The van der Waals surface area contributed by atoms with Crippen LogP contribution in [0.5, 0.6) is 0 Å². The Morgan fingerprint density at radius 2 is 1.88 bits per heavy atom. The normalized spacial score (nSPS) is 11.9. The summed E-state index contributed by atoms with van der Waals surface area (Å²) in [6, 6.07) is 9.48. The number of hydrogen-bond donors (Lipinski definition) is 1. The van der Waals surface area contributed by atoms with Crippen LogP contribution in [0.15, 0.2) is 30.3 Å². The molecule has 1 atom stereocenters. The van der Waals surface area contributed by atoms with E-state index < -0.39 is 5.97 Å². The molecule has 1 N–H and O–H groups in total. The van der Waals surface area contributed by atoms with Crippen LogP contribution >= 0.6 is 0 Å². The first-order valence-electron chi connectivity index (χ1n) is 5.56. The smallest absolute Gasteiger partial charge is 0.305 e. The second-order valence-corrected chi connectivity index (χ2v) is 3.94. The van der Waals surface area contributed by atoms with Gasteiger partial charge in [0, 0.05) is 13.5 Å². The summed E-state index contributed by atoms with van der Waals surface area (Å²) in [5, 5.41) is 8.66. The molecule has 0 aliphatic heterocycles. The van der Waals surface area contributed by atoms with E-state index in [-0.39, 0.29) is 24.9 Å². The molecule has 0 bridgehead atoms. The maximum absolute atomic E-state index is 11.5. The molecule has 0 unspecified atom stereocenters. The number of hydrogen-bond acceptors (Lipinski definition) is 2. The topological polar surface area (TPSA) is 57.6 Å². The molecule has 1 rings (SSSR count). The summed E-state index contributed by atoms with van der Waals surface area (Å²) in [6.07, 6.45) is -0.0310. The fourth-order valence-corrected chi connectivity index (χ4v) is 1.75. The molecule has 0 aliphatic carbocycles. The Kier molecular flexibility index (Phi) is 4.69. The number of rotatable bonds is 5. The molecule has 0 aromatic heterocycles. The highest BCUT2D eigenvalue weighted by molar-refractivity contribution is 5.75. The zero-order chi connectivity index (χ0) is 12.8. The SMILES string of the molecule is CC(=O)N(CCC(=O)O)[C@@H](C)c1ccccc1. The first-order chi connectivity index (χ1) is 8.02. The largest absolute Gasteiger partial charge is 0.481 e. The third-order valence-corrected chi connectivity index (χ3v) is 2.72. The summed E-state index contributed by atoms with van der Waals surface area (Å²) >= 11 is 0. The molecule has 4 nitrogen and oxygen atoms in total. The molecular formula is C13H17NO3. The van der Waals surface area contributed by atoms with E-state index in [4.69, 9.17) is 5.11 Å². The van der Waals surface area contributed by atoms with Gasteiger partial charge >= 0.3 is 5.97 Å². The Bertz CT molecular complexity index is 389. The van der Waals surface area contributed by atoms with E-state index in [9.17, 15) is 9.59 Å². The Morgan fingerprint density at radius 3 is 2.35 bits per heavy atom. The van der Waals surface area contributed by atoms with Gasteiger partial charge in [-0.1, -0.05) is 30.3 Å². The number of amides is 1. The molecule has 0 heterocycles. The molecule has 4 heteroatoms. The van der Waals surface area contributed by atoms with Crippen molar-refractivity contribution in [1.82, 2.24) is 4.90 Å². The van der Waals surface area contributed by atoms with Gasteiger partial charge in [0.2, 0.25) is 5.91 Å².